The number of halogens is 2. The zero-order valence-electron chi connectivity index (χ0n) is 19.7. The van der Waals surface area contributed by atoms with Gasteiger partial charge in [-0.15, -0.1) is 0 Å². The lowest BCUT2D eigenvalue weighted by Crippen LogP contribution is -2.23. The summed E-state index contributed by atoms with van der Waals surface area (Å²) in [7, 11) is 0. The topological polar surface area (TPSA) is 123 Å². The fourth-order valence-electron chi connectivity index (χ4n) is 3.66. The van der Waals surface area contributed by atoms with E-state index in [-0.39, 0.29) is 34.5 Å². The maximum absolute atomic E-state index is 13.3. The van der Waals surface area contributed by atoms with Gasteiger partial charge in [0.1, 0.15) is 12.4 Å². The van der Waals surface area contributed by atoms with Crippen molar-refractivity contribution in [2.75, 3.05) is 0 Å². The summed E-state index contributed by atoms with van der Waals surface area (Å²) in [6, 6.07) is 16.7. The lowest BCUT2D eigenvalue weighted by atomic mass is 10.1. The first-order valence-corrected chi connectivity index (χ1v) is 12.2. The fraction of sp³-hybridized carbons (Fsp3) is 0.154. The zero-order chi connectivity index (χ0) is 26.7. The van der Waals surface area contributed by atoms with E-state index < -0.39 is 10.5 Å². The Morgan fingerprint density at radius 1 is 1.27 bits per heavy atom. The predicted molar refractivity (Wildman–Crippen MR) is 144 cm³/mol. The number of benzene rings is 3. The summed E-state index contributed by atoms with van der Waals surface area (Å²) < 4.78 is 7.72. The van der Waals surface area contributed by atoms with Gasteiger partial charge in [-0.3, -0.25) is 14.9 Å². The molecule has 1 aromatic heterocycles. The van der Waals surface area contributed by atoms with E-state index in [0.717, 1.165) is 0 Å². The fourth-order valence-corrected chi connectivity index (χ4v) is 4.25. The highest BCUT2D eigenvalue weighted by Gasteiger charge is 2.22. The number of fused-ring (bicyclic) bond motifs is 1. The average Bonchev–Trinajstić information content (AvgIpc) is 2.87. The van der Waals surface area contributed by atoms with Crippen LogP contribution in [0.1, 0.15) is 42.3 Å². The highest BCUT2D eigenvalue weighted by Crippen LogP contribution is 2.34. The van der Waals surface area contributed by atoms with E-state index in [1.165, 1.54) is 23.0 Å². The molecule has 4 aromatic rings. The van der Waals surface area contributed by atoms with Crippen LogP contribution in [0.25, 0.3) is 10.9 Å². The van der Waals surface area contributed by atoms with Gasteiger partial charge in [0.25, 0.3) is 5.56 Å². The number of rotatable bonds is 7. The number of hydrogen-bond donors (Lipinski definition) is 0. The number of nitro groups is 1. The highest BCUT2D eigenvalue weighted by atomic mass is 79.9. The quantitative estimate of drug-likeness (QED) is 0.146. The minimum atomic E-state index is -0.616. The molecule has 0 saturated heterocycles. The third kappa shape index (κ3) is 5.53. The van der Waals surface area contributed by atoms with Crippen molar-refractivity contribution in [3.05, 3.63) is 107 Å². The standard InChI is InChI=1S/C26H19BrClN5O4/c1-15(2)25-31-22-8-7-19(27)10-21(22)26(34)32(25)30-13-18-9-20(28)11-23(33(35)36)24(18)37-14-17-6-4-3-5-16(17)12-29/h3-11,13,15H,14H2,1-2H3. The van der Waals surface area contributed by atoms with E-state index in [4.69, 9.17) is 16.3 Å². The van der Waals surface area contributed by atoms with Crippen molar-refractivity contribution in [3.63, 3.8) is 0 Å². The second-order valence-corrected chi connectivity index (χ2v) is 9.66. The van der Waals surface area contributed by atoms with Crippen molar-refractivity contribution in [2.24, 2.45) is 5.10 Å². The molecule has 37 heavy (non-hydrogen) atoms. The van der Waals surface area contributed by atoms with Crippen molar-refractivity contribution in [3.8, 4) is 11.8 Å². The molecule has 9 nitrogen and oxygen atoms in total. The third-order valence-electron chi connectivity index (χ3n) is 5.43. The first-order valence-electron chi connectivity index (χ1n) is 11.0. The molecule has 0 N–H and O–H groups in total. The SMILES string of the molecule is CC(C)c1nc2ccc(Br)cc2c(=O)n1N=Cc1cc(Cl)cc([N+](=O)[O-])c1OCc1ccccc1C#N. The molecule has 0 unspecified atom stereocenters. The monoisotopic (exact) mass is 579 g/mol. The van der Waals surface area contributed by atoms with Gasteiger partial charge in [-0.1, -0.05) is 59.6 Å². The number of nitro benzene ring substituents is 1. The van der Waals surface area contributed by atoms with Crippen LogP contribution in [0.2, 0.25) is 5.02 Å². The van der Waals surface area contributed by atoms with Crippen LogP contribution in [0.5, 0.6) is 5.75 Å². The second-order valence-electron chi connectivity index (χ2n) is 8.31. The van der Waals surface area contributed by atoms with Gasteiger partial charge in [-0.05, 0) is 30.3 Å². The van der Waals surface area contributed by atoms with Crippen molar-refractivity contribution in [2.45, 2.75) is 26.4 Å². The molecule has 0 aliphatic rings. The summed E-state index contributed by atoms with van der Waals surface area (Å²) >= 11 is 9.54. The number of hydrogen-bond acceptors (Lipinski definition) is 7. The van der Waals surface area contributed by atoms with Crippen LogP contribution in [0, 0.1) is 21.4 Å². The molecule has 186 valence electrons. The Balaban J connectivity index is 1.84. The van der Waals surface area contributed by atoms with Crippen LogP contribution in [-0.2, 0) is 6.61 Å². The number of aromatic nitrogens is 2. The predicted octanol–water partition coefficient (Wildman–Crippen LogP) is 6.18. The van der Waals surface area contributed by atoms with E-state index in [0.29, 0.717) is 32.3 Å². The van der Waals surface area contributed by atoms with Crippen molar-refractivity contribution < 1.29 is 9.66 Å². The summed E-state index contributed by atoms with van der Waals surface area (Å²) in [5.41, 5.74) is 0.885. The summed E-state index contributed by atoms with van der Waals surface area (Å²) in [5, 5.41) is 26.0. The Morgan fingerprint density at radius 3 is 2.73 bits per heavy atom. The molecule has 3 aromatic carbocycles. The molecule has 4 rings (SSSR count). The van der Waals surface area contributed by atoms with Crippen LogP contribution in [-0.4, -0.2) is 20.8 Å². The lowest BCUT2D eigenvalue weighted by molar-refractivity contribution is -0.385. The molecule has 1 heterocycles. The largest absolute Gasteiger partial charge is 0.481 e. The first kappa shape index (κ1) is 26.0. The van der Waals surface area contributed by atoms with Crippen LogP contribution < -0.4 is 10.3 Å². The maximum atomic E-state index is 13.3. The molecule has 0 amide bonds. The van der Waals surface area contributed by atoms with Gasteiger partial charge < -0.3 is 4.74 Å². The number of nitrogens with zero attached hydrogens (tertiary/aromatic N) is 5. The molecule has 0 fully saturated rings. The number of ether oxygens (including phenoxy) is 1. The Bertz CT molecular complexity index is 1660. The number of nitriles is 1. The minimum absolute atomic E-state index is 0.0925. The van der Waals surface area contributed by atoms with E-state index >= 15 is 0 Å². The molecular formula is C26H19BrClN5O4. The molecule has 0 radical (unpaired) electrons. The summed E-state index contributed by atoms with van der Waals surface area (Å²) in [5.74, 6) is 0.171. The van der Waals surface area contributed by atoms with Gasteiger partial charge in [0.2, 0.25) is 5.75 Å². The summed E-state index contributed by atoms with van der Waals surface area (Å²) in [6.07, 6.45) is 1.28. The molecule has 0 saturated carbocycles. The van der Waals surface area contributed by atoms with Crippen molar-refractivity contribution >= 4 is 50.3 Å². The highest BCUT2D eigenvalue weighted by molar-refractivity contribution is 9.10. The Kier molecular flexibility index (Phi) is 7.66. The Labute approximate surface area is 224 Å². The third-order valence-corrected chi connectivity index (χ3v) is 6.14. The van der Waals surface area contributed by atoms with Crippen LogP contribution in [0.3, 0.4) is 0 Å². The Morgan fingerprint density at radius 2 is 2.03 bits per heavy atom. The van der Waals surface area contributed by atoms with Gasteiger partial charge >= 0.3 is 5.69 Å². The molecule has 0 aliphatic carbocycles. The molecule has 0 bridgehead atoms. The van der Waals surface area contributed by atoms with Gasteiger partial charge in [0.15, 0.2) is 0 Å². The Hall–Kier alpha value is -4.07. The van der Waals surface area contributed by atoms with Crippen LogP contribution in [0.15, 0.2) is 69.0 Å². The molecular weight excluding hydrogens is 562 g/mol. The minimum Gasteiger partial charge on any atom is -0.481 e. The van der Waals surface area contributed by atoms with Gasteiger partial charge in [0.05, 0.1) is 33.7 Å². The van der Waals surface area contributed by atoms with Crippen molar-refractivity contribution in [1.29, 1.82) is 5.26 Å². The van der Waals surface area contributed by atoms with Gasteiger partial charge in [-0.2, -0.15) is 15.0 Å². The molecule has 0 spiro atoms. The average molecular weight is 581 g/mol. The van der Waals surface area contributed by atoms with E-state index in [1.807, 2.05) is 13.8 Å². The first-order chi connectivity index (χ1) is 17.7. The lowest BCUT2D eigenvalue weighted by Gasteiger charge is -2.13. The van der Waals surface area contributed by atoms with E-state index in [9.17, 15) is 20.2 Å². The summed E-state index contributed by atoms with van der Waals surface area (Å²) in [4.78, 5) is 29.1. The van der Waals surface area contributed by atoms with Gasteiger partial charge in [0, 0.05) is 32.6 Å². The smallest absolute Gasteiger partial charge is 0.313 e. The van der Waals surface area contributed by atoms with Crippen LogP contribution in [0.4, 0.5) is 5.69 Å². The van der Waals surface area contributed by atoms with Crippen LogP contribution >= 0.6 is 27.5 Å². The molecule has 0 aliphatic heterocycles. The second kappa shape index (κ2) is 10.9. The van der Waals surface area contributed by atoms with Crippen molar-refractivity contribution in [1.82, 2.24) is 9.66 Å². The molecule has 0 atom stereocenters. The summed E-state index contributed by atoms with van der Waals surface area (Å²) in [6.45, 7) is 3.66. The van der Waals surface area contributed by atoms with Gasteiger partial charge in [-0.25, -0.2) is 4.98 Å². The molecule has 11 heteroatoms. The maximum Gasteiger partial charge on any atom is 0.313 e. The van der Waals surface area contributed by atoms with E-state index in [2.05, 4.69) is 32.1 Å². The van der Waals surface area contributed by atoms with E-state index in [1.54, 1.807) is 42.5 Å². The normalized spacial score (nSPS) is 11.2. The zero-order valence-corrected chi connectivity index (χ0v) is 22.0.